The molecule has 0 atom stereocenters. The average Bonchev–Trinajstić information content (AvgIpc) is 2.89. The number of carbonyl (C=O) groups excluding carboxylic acids is 3. The summed E-state index contributed by atoms with van der Waals surface area (Å²) in [5.74, 6) is -1.29. The summed E-state index contributed by atoms with van der Waals surface area (Å²) in [6.45, 7) is 4.22. The van der Waals surface area contributed by atoms with Gasteiger partial charge in [-0.3, -0.25) is 14.9 Å². The van der Waals surface area contributed by atoms with E-state index < -0.39 is 44.4 Å². The van der Waals surface area contributed by atoms with Gasteiger partial charge in [0.1, 0.15) is 12.1 Å². The van der Waals surface area contributed by atoms with Crippen LogP contribution in [0.25, 0.3) is 0 Å². The maximum absolute atomic E-state index is 11.6. The molecular formula is C11H18N6O6S2. The third-order valence-electron chi connectivity index (χ3n) is 2.13. The molecule has 12 nitrogen and oxygen atoms in total. The van der Waals surface area contributed by atoms with Crippen LogP contribution in [0.1, 0.15) is 20.8 Å². The van der Waals surface area contributed by atoms with E-state index in [1.165, 1.54) is 0 Å². The van der Waals surface area contributed by atoms with E-state index in [0.29, 0.717) is 11.3 Å². The third kappa shape index (κ3) is 8.37. The Balaban J connectivity index is 2.35. The molecule has 0 aliphatic heterocycles. The zero-order valence-corrected chi connectivity index (χ0v) is 15.3. The second-order valence-electron chi connectivity index (χ2n) is 5.60. The summed E-state index contributed by atoms with van der Waals surface area (Å²) in [7, 11) is -4.00. The maximum Gasteiger partial charge on any atom is 0.408 e. The number of aromatic nitrogens is 2. The zero-order chi connectivity index (χ0) is 19.3. The first kappa shape index (κ1) is 20.7. The van der Waals surface area contributed by atoms with Crippen molar-refractivity contribution in [1.82, 2.24) is 20.8 Å². The number of hydrogen-bond acceptors (Lipinski definition) is 9. The van der Waals surface area contributed by atoms with Crippen LogP contribution < -0.4 is 21.1 Å². The molecule has 0 bridgehead atoms. The predicted octanol–water partition coefficient (Wildman–Crippen LogP) is -1.24. The Morgan fingerprint density at radius 2 is 1.72 bits per heavy atom. The SMILES string of the molecule is CC(C)(C)OC(=O)NCC(=O)NCC(=O)Nc1nnc(S(N)(=O)=O)s1. The summed E-state index contributed by atoms with van der Waals surface area (Å²) < 4.78 is 26.6. The normalized spacial score (nSPS) is 11.5. The molecule has 1 aromatic rings. The lowest BCUT2D eigenvalue weighted by atomic mass is 10.2. The van der Waals surface area contributed by atoms with Crippen LogP contribution in [-0.4, -0.2) is 55.2 Å². The van der Waals surface area contributed by atoms with Gasteiger partial charge in [0.2, 0.25) is 21.3 Å². The Bertz CT molecular complexity index is 753. The van der Waals surface area contributed by atoms with Crippen molar-refractivity contribution >= 4 is 44.4 Å². The Kier molecular flexibility index (Phi) is 6.78. The molecular weight excluding hydrogens is 376 g/mol. The Morgan fingerprint density at radius 3 is 2.24 bits per heavy atom. The second kappa shape index (κ2) is 8.17. The van der Waals surface area contributed by atoms with Gasteiger partial charge in [-0.2, -0.15) is 0 Å². The van der Waals surface area contributed by atoms with E-state index in [1.54, 1.807) is 20.8 Å². The fraction of sp³-hybridized carbons (Fsp3) is 0.545. The van der Waals surface area contributed by atoms with Crippen molar-refractivity contribution in [2.24, 2.45) is 5.14 Å². The minimum absolute atomic E-state index is 0.0878. The highest BCUT2D eigenvalue weighted by atomic mass is 32.2. The van der Waals surface area contributed by atoms with Crippen molar-refractivity contribution < 1.29 is 27.5 Å². The van der Waals surface area contributed by atoms with Gasteiger partial charge in [-0.25, -0.2) is 18.4 Å². The standard InChI is InChI=1S/C11H18N6O6S2/c1-11(2,3)23-9(20)14-4-6(18)13-5-7(19)15-8-16-17-10(24-8)25(12,21)22/h4-5H2,1-3H3,(H,13,18)(H,14,20)(H2,12,21,22)(H,15,16,19). The van der Waals surface area contributed by atoms with Crippen LogP contribution in [0.3, 0.4) is 0 Å². The van der Waals surface area contributed by atoms with E-state index in [0.717, 1.165) is 0 Å². The lowest BCUT2D eigenvalue weighted by Gasteiger charge is -2.19. The number of nitrogens with two attached hydrogens (primary N) is 1. The van der Waals surface area contributed by atoms with Crippen molar-refractivity contribution in [2.75, 3.05) is 18.4 Å². The number of alkyl carbamates (subject to hydrolysis) is 1. The molecule has 14 heteroatoms. The molecule has 1 aromatic heterocycles. The van der Waals surface area contributed by atoms with Crippen LogP contribution in [-0.2, 0) is 24.3 Å². The number of rotatable bonds is 6. The molecule has 1 rings (SSSR count). The van der Waals surface area contributed by atoms with Crippen molar-refractivity contribution in [1.29, 1.82) is 0 Å². The van der Waals surface area contributed by atoms with E-state index in [2.05, 4.69) is 26.1 Å². The highest BCUT2D eigenvalue weighted by molar-refractivity contribution is 7.91. The minimum Gasteiger partial charge on any atom is -0.444 e. The minimum atomic E-state index is -4.00. The summed E-state index contributed by atoms with van der Waals surface area (Å²) in [4.78, 5) is 34.5. The zero-order valence-electron chi connectivity index (χ0n) is 13.7. The van der Waals surface area contributed by atoms with Gasteiger partial charge in [-0.15, -0.1) is 10.2 Å². The summed E-state index contributed by atoms with van der Waals surface area (Å²) >= 11 is 0.568. The van der Waals surface area contributed by atoms with Gasteiger partial charge in [0.05, 0.1) is 6.54 Å². The van der Waals surface area contributed by atoms with Crippen molar-refractivity contribution in [3.63, 3.8) is 0 Å². The van der Waals surface area contributed by atoms with Gasteiger partial charge in [-0.1, -0.05) is 11.3 Å². The Labute approximate surface area is 147 Å². The fourth-order valence-corrected chi connectivity index (χ4v) is 2.60. The first-order chi connectivity index (χ1) is 11.4. The molecule has 25 heavy (non-hydrogen) atoms. The van der Waals surface area contributed by atoms with Gasteiger partial charge < -0.3 is 15.4 Å². The number of anilines is 1. The topological polar surface area (TPSA) is 182 Å². The van der Waals surface area contributed by atoms with Gasteiger partial charge in [0, 0.05) is 0 Å². The number of nitrogens with one attached hydrogen (secondary N) is 3. The fourth-order valence-electron chi connectivity index (χ4n) is 1.25. The van der Waals surface area contributed by atoms with Crippen molar-refractivity contribution in [3.8, 4) is 0 Å². The molecule has 0 saturated carbocycles. The predicted molar refractivity (Wildman–Crippen MR) is 87.2 cm³/mol. The molecule has 140 valence electrons. The van der Waals surface area contributed by atoms with E-state index in [4.69, 9.17) is 9.88 Å². The molecule has 3 amide bonds. The smallest absolute Gasteiger partial charge is 0.408 e. The Hall–Kier alpha value is -2.32. The van der Waals surface area contributed by atoms with E-state index in [-0.39, 0.29) is 11.7 Å². The number of nitrogens with zero attached hydrogens (tertiary/aromatic N) is 2. The van der Waals surface area contributed by atoms with Crippen LogP contribution in [0.15, 0.2) is 4.34 Å². The van der Waals surface area contributed by atoms with Gasteiger partial charge in [-0.05, 0) is 20.8 Å². The summed E-state index contributed by atoms with van der Waals surface area (Å²) in [6.07, 6.45) is -0.767. The summed E-state index contributed by atoms with van der Waals surface area (Å²) in [6, 6.07) is 0. The molecule has 0 aliphatic rings. The molecule has 0 radical (unpaired) electrons. The van der Waals surface area contributed by atoms with Crippen LogP contribution >= 0.6 is 11.3 Å². The number of hydrogen-bond donors (Lipinski definition) is 4. The maximum atomic E-state index is 11.6. The number of carbonyl (C=O) groups is 3. The Morgan fingerprint density at radius 1 is 1.12 bits per heavy atom. The van der Waals surface area contributed by atoms with E-state index in [1.807, 2.05) is 0 Å². The largest absolute Gasteiger partial charge is 0.444 e. The lowest BCUT2D eigenvalue weighted by Crippen LogP contribution is -2.41. The molecule has 0 aliphatic carbocycles. The second-order valence-corrected chi connectivity index (χ2v) is 8.31. The summed E-state index contributed by atoms with van der Waals surface area (Å²) in [5.41, 5.74) is -0.696. The molecule has 0 unspecified atom stereocenters. The van der Waals surface area contributed by atoms with Crippen LogP contribution in [0.5, 0.6) is 0 Å². The van der Waals surface area contributed by atoms with Gasteiger partial charge >= 0.3 is 6.09 Å². The van der Waals surface area contributed by atoms with Crippen molar-refractivity contribution in [2.45, 2.75) is 30.7 Å². The van der Waals surface area contributed by atoms with Gasteiger partial charge in [0.25, 0.3) is 10.0 Å². The molecule has 5 N–H and O–H groups in total. The quantitative estimate of drug-likeness (QED) is 0.432. The van der Waals surface area contributed by atoms with E-state index in [9.17, 15) is 22.8 Å². The lowest BCUT2D eigenvalue weighted by molar-refractivity contribution is -0.123. The number of primary sulfonamides is 1. The summed E-state index contributed by atoms with van der Waals surface area (Å²) in [5, 5.41) is 18.2. The molecule has 0 spiro atoms. The monoisotopic (exact) mass is 394 g/mol. The number of sulfonamides is 1. The number of amides is 3. The molecule has 0 saturated heterocycles. The first-order valence-electron chi connectivity index (χ1n) is 6.76. The van der Waals surface area contributed by atoms with Crippen LogP contribution in [0.4, 0.5) is 9.93 Å². The third-order valence-corrected chi connectivity index (χ3v) is 4.28. The molecule has 1 heterocycles. The average molecular weight is 394 g/mol. The molecule has 0 fully saturated rings. The van der Waals surface area contributed by atoms with Crippen LogP contribution in [0, 0.1) is 0 Å². The van der Waals surface area contributed by atoms with Crippen LogP contribution in [0.2, 0.25) is 0 Å². The van der Waals surface area contributed by atoms with Crippen molar-refractivity contribution in [3.05, 3.63) is 0 Å². The number of ether oxygens (including phenoxy) is 1. The molecule has 0 aromatic carbocycles. The first-order valence-corrected chi connectivity index (χ1v) is 9.13. The van der Waals surface area contributed by atoms with E-state index >= 15 is 0 Å². The highest BCUT2D eigenvalue weighted by Gasteiger charge is 2.18. The van der Waals surface area contributed by atoms with Gasteiger partial charge in [0.15, 0.2) is 0 Å². The highest BCUT2D eigenvalue weighted by Crippen LogP contribution is 2.18.